The molecule has 0 unspecified atom stereocenters. The summed E-state index contributed by atoms with van der Waals surface area (Å²) in [5.41, 5.74) is 7.49. The second kappa shape index (κ2) is 4.83. The van der Waals surface area contributed by atoms with E-state index in [1.54, 1.807) is 12.1 Å². The quantitative estimate of drug-likeness (QED) is 0.920. The van der Waals surface area contributed by atoms with E-state index < -0.39 is 0 Å². The van der Waals surface area contributed by atoms with Crippen molar-refractivity contribution >= 4 is 17.4 Å². The average Bonchev–Trinajstić information content (AvgIpc) is 2.86. The molecule has 2 aromatic rings. The van der Waals surface area contributed by atoms with Crippen molar-refractivity contribution in [3.05, 3.63) is 28.9 Å². The first-order valence-corrected chi connectivity index (χ1v) is 6.66. The Hall–Kier alpha value is -2.01. The number of nitrogens with two attached hydrogens (primary N) is 1. The van der Waals surface area contributed by atoms with Crippen molar-refractivity contribution in [2.45, 2.75) is 19.8 Å². The van der Waals surface area contributed by atoms with Crippen molar-refractivity contribution in [1.29, 1.82) is 0 Å². The largest absolute Gasteiger partial charge is 0.454 e. The first-order valence-electron chi connectivity index (χ1n) is 6.28. The predicted molar refractivity (Wildman–Crippen MR) is 77.1 cm³/mol. The van der Waals surface area contributed by atoms with Gasteiger partial charge < -0.3 is 15.2 Å². The number of ether oxygens (including phenoxy) is 2. The smallest absolute Gasteiger partial charge is 0.231 e. The second-order valence-electron chi connectivity index (χ2n) is 4.89. The maximum absolute atomic E-state index is 6.18. The summed E-state index contributed by atoms with van der Waals surface area (Å²) in [6.07, 6.45) is 0. The average molecular weight is 292 g/mol. The van der Waals surface area contributed by atoms with Crippen LogP contribution in [0.4, 0.5) is 5.82 Å². The predicted octanol–water partition coefficient (Wildman–Crippen LogP) is 3.23. The number of anilines is 1. The molecule has 2 N–H and O–H groups in total. The zero-order valence-corrected chi connectivity index (χ0v) is 11.9. The standard InChI is InChI=1S/C14H14ClN3O2/c1-7(2)10-5-12(16)18-14(17-10)8-3-9(15)13-11(4-8)19-6-20-13/h3-5,7H,6H2,1-2H3,(H2,16,17,18). The van der Waals surface area contributed by atoms with E-state index in [4.69, 9.17) is 26.8 Å². The van der Waals surface area contributed by atoms with Crippen molar-refractivity contribution in [2.24, 2.45) is 0 Å². The van der Waals surface area contributed by atoms with Gasteiger partial charge in [0.1, 0.15) is 5.82 Å². The fourth-order valence-corrected chi connectivity index (χ4v) is 2.27. The van der Waals surface area contributed by atoms with Gasteiger partial charge in [-0.1, -0.05) is 25.4 Å². The van der Waals surface area contributed by atoms with Crippen molar-refractivity contribution in [1.82, 2.24) is 9.97 Å². The Kier molecular flexibility index (Phi) is 3.14. The first kappa shape index (κ1) is 13.0. The summed E-state index contributed by atoms with van der Waals surface area (Å²) in [7, 11) is 0. The molecule has 0 saturated heterocycles. The molecule has 0 bridgehead atoms. The van der Waals surface area contributed by atoms with Crippen molar-refractivity contribution in [3.63, 3.8) is 0 Å². The number of benzene rings is 1. The van der Waals surface area contributed by atoms with Gasteiger partial charge >= 0.3 is 0 Å². The molecule has 1 aromatic heterocycles. The minimum Gasteiger partial charge on any atom is -0.454 e. The SMILES string of the molecule is CC(C)c1cc(N)nc(-c2cc(Cl)c3c(c2)OCO3)n1. The Morgan fingerprint density at radius 1 is 1.20 bits per heavy atom. The molecule has 6 heteroatoms. The third kappa shape index (κ3) is 2.25. The number of hydrogen-bond acceptors (Lipinski definition) is 5. The zero-order chi connectivity index (χ0) is 14.3. The third-order valence-electron chi connectivity index (χ3n) is 3.04. The lowest BCUT2D eigenvalue weighted by Gasteiger charge is -2.09. The molecule has 0 atom stereocenters. The van der Waals surface area contributed by atoms with Crippen LogP contribution in [0.15, 0.2) is 18.2 Å². The Bertz CT molecular complexity index is 674. The van der Waals surface area contributed by atoms with E-state index in [9.17, 15) is 0 Å². The van der Waals surface area contributed by atoms with Crippen LogP contribution in [-0.2, 0) is 0 Å². The highest BCUT2D eigenvalue weighted by Gasteiger charge is 2.20. The maximum atomic E-state index is 6.18. The summed E-state index contributed by atoms with van der Waals surface area (Å²) in [5, 5.41) is 0.479. The van der Waals surface area contributed by atoms with Gasteiger partial charge in [-0.3, -0.25) is 0 Å². The topological polar surface area (TPSA) is 70.3 Å². The molecule has 1 aliphatic rings. The van der Waals surface area contributed by atoms with Crippen LogP contribution in [0.1, 0.15) is 25.5 Å². The molecule has 0 amide bonds. The van der Waals surface area contributed by atoms with Gasteiger partial charge in [-0.15, -0.1) is 0 Å². The molecular weight excluding hydrogens is 278 g/mol. The highest BCUT2D eigenvalue weighted by Crippen LogP contribution is 2.41. The third-order valence-corrected chi connectivity index (χ3v) is 3.32. The molecule has 3 rings (SSSR count). The molecule has 20 heavy (non-hydrogen) atoms. The van der Waals surface area contributed by atoms with Crippen LogP contribution in [0.5, 0.6) is 11.5 Å². The van der Waals surface area contributed by atoms with E-state index in [1.807, 2.05) is 6.07 Å². The summed E-state index contributed by atoms with van der Waals surface area (Å²) in [6.45, 7) is 4.28. The highest BCUT2D eigenvalue weighted by atomic mass is 35.5. The Morgan fingerprint density at radius 3 is 2.75 bits per heavy atom. The molecule has 0 aliphatic carbocycles. The molecule has 2 heterocycles. The summed E-state index contributed by atoms with van der Waals surface area (Å²) < 4.78 is 10.6. The van der Waals surface area contributed by atoms with Gasteiger partial charge in [-0.2, -0.15) is 0 Å². The highest BCUT2D eigenvalue weighted by molar-refractivity contribution is 6.32. The number of nitrogens with zero attached hydrogens (tertiary/aromatic N) is 2. The van der Waals surface area contributed by atoms with Crippen molar-refractivity contribution in [2.75, 3.05) is 12.5 Å². The van der Waals surface area contributed by atoms with Crippen LogP contribution in [0.2, 0.25) is 5.02 Å². The van der Waals surface area contributed by atoms with Crippen LogP contribution in [0, 0.1) is 0 Å². The lowest BCUT2D eigenvalue weighted by molar-refractivity contribution is 0.174. The minimum atomic E-state index is 0.174. The van der Waals surface area contributed by atoms with Crippen LogP contribution in [0.25, 0.3) is 11.4 Å². The second-order valence-corrected chi connectivity index (χ2v) is 5.30. The molecular formula is C14H14ClN3O2. The Balaban J connectivity index is 2.12. The van der Waals surface area contributed by atoms with Gasteiger partial charge in [0.2, 0.25) is 6.79 Å². The molecule has 0 fully saturated rings. The molecule has 1 aliphatic heterocycles. The van der Waals surface area contributed by atoms with Crippen LogP contribution in [-0.4, -0.2) is 16.8 Å². The van der Waals surface area contributed by atoms with Gasteiger partial charge in [-0.25, -0.2) is 9.97 Å². The lowest BCUT2D eigenvalue weighted by atomic mass is 10.1. The van der Waals surface area contributed by atoms with E-state index in [0.717, 1.165) is 11.3 Å². The van der Waals surface area contributed by atoms with Crippen LogP contribution in [0.3, 0.4) is 0 Å². The van der Waals surface area contributed by atoms with E-state index >= 15 is 0 Å². The summed E-state index contributed by atoms with van der Waals surface area (Å²) in [5.74, 6) is 2.40. The fraction of sp³-hybridized carbons (Fsp3) is 0.286. The number of halogens is 1. The van der Waals surface area contributed by atoms with E-state index in [1.165, 1.54) is 0 Å². The van der Waals surface area contributed by atoms with Crippen LogP contribution >= 0.6 is 11.6 Å². The molecule has 104 valence electrons. The fourth-order valence-electron chi connectivity index (χ4n) is 2.01. The molecule has 5 nitrogen and oxygen atoms in total. The summed E-state index contributed by atoms with van der Waals surface area (Å²) >= 11 is 6.18. The van der Waals surface area contributed by atoms with Crippen LogP contribution < -0.4 is 15.2 Å². The molecule has 0 spiro atoms. The number of hydrogen-bond donors (Lipinski definition) is 1. The van der Waals surface area contributed by atoms with E-state index in [0.29, 0.717) is 28.2 Å². The number of nitrogen functional groups attached to an aromatic ring is 1. The van der Waals surface area contributed by atoms with Crippen molar-refractivity contribution in [3.8, 4) is 22.9 Å². The summed E-state index contributed by atoms with van der Waals surface area (Å²) in [4.78, 5) is 8.79. The lowest BCUT2D eigenvalue weighted by Crippen LogP contribution is -2.01. The van der Waals surface area contributed by atoms with E-state index in [-0.39, 0.29) is 12.7 Å². The van der Waals surface area contributed by atoms with Crippen molar-refractivity contribution < 1.29 is 9.47 Å². The summed E-state index contributed by atoms with van der Waals surface area (Å²) in [6, 6.07) is 5.35. The van der Waals surface area contributed by atoms with Gasteiger partial charge in [-0.05, 0) is 18.1 Å². The Labute approximate surface area is 121 Å². The maximum Gasteiger partial charge on any atom is 0.231 e. The van der Waals surface area contributed by atoms with Gasteiger partial charge in [0.25, 0.3) is 0 Å². The van der Waals surface area contributed by atoms with Gasteiger partial charge in [0.05, 0.1) is 5.02 Å². The number of aromatic nitrogens is 2. The molecule has 0 radical (unpaired) electrons. The van der Waals surface area contributed by atoms with E-state index in [2.05, 4.69) is 23.8 Å². The normalized spacial score (nSPS) is 13.0. The molecule has 1 aromatic carbocycles. The number of rotatable bonds is 2. The minimum absolute atomic E-state index is 0.174. The monoisotopic (exact) mass is 291 g/mol. The zero-order valence-electron chi connectivity index (χ0n) is 11.2. The molecule has 0 saturated carbocycles. The van der Waals surface area contributed by atoms with Gasteiger partial charge in [0.15, 0.2) is 17.3 Å². The van der Waals surface area contributed by atoms with Gasteiger partial charge in [0, 0.05) is 17.3 Å². The first-order chi connectivity index (χ1) is 9.54. The Morgan fingerprint density at radius 2 is 2.00 bits per heavy atom. The number of fused-ring (bicyclic) bond motifs is 1.